The van der Waals surface area contributed by atoms with E-state index < -0.39 is 0 Å². The number of nitrogens with one attached hydrogen (secondary N) is 1. The lowest BCUT2D eigenvalue weighted by Gasteiger charge is -2.28. The Morgan fingerprint density at radius 2 is 1.88 bits per heavy atom. The van der Waals surface area contributed by atoms with E-state index in [4.69, 9.17) is 15.2 Å². The van der Waals surface area contributed by atoms with Crippen molar-refractivity contribution in [2.75, 3.05) is 17.7 Å². The SMILES string of the molecule is C=C(Nc1ncc(-c2ccncc2)cc1N)C1COc2ccccc2O1. The first kappa shape index (κ1) is 16.0. The molecule has 2 aromatic heterocycles. The van der Waals surface area contributed by atoms with Crippen molar-refractivity contribution in [2.45, 2.75) is 6.10 Å². The number of ether oxygens (including phenoxy) is 2. The second kappa shape index (κ2) is 6.76. The highest BCUT2D eigenvalue weighted by Crippen LogP contribution is 2.33. The zero-order valence-corrected chi connectivity index (χ0v) is 14.1. The molecule has 0 radical (unpaired) electrons. The molecule has 0 aliphatic carbocycles. The summed E-state index contributed by atoms with van der Waals surface area (Å²) in [6.07, 6.45) is 4.90. The predicted octanol–water partition coefficient (Wildman–Crippen LogP) is 3.49. The van der Waals surface area contributed by atoms with Crippen molar-refractivity contribution in [3.63, 3.8) is 0 Å². The largest absolute Gasteiger partial charge is 0.485 e. The van der Waals surface area contributed by atoms with Gasteiger partial charge in [-0.2, -0.15) is 0 Å². The number of rotatable bonds is 4. The molecule has 1 aliphatic rings. The van der Waals surface area contributed by atoms with Crippen molar-refractivity contribution >= 4 is 11.5 Å². The summed E-state index contributed by atoms with van der Waals surface area (Å²) in [6.45, 7) is 4.42. The van der Waals surface area contributed by atoms with Gasteiger partial charge in [-0.25, -0.2) is 4.98 Å². The number of nitrogens with two attached hydrogens (primary N) is 1. The average molecular weight is 346 g/mol. The molecule has 1 aromatic carbocycles. The minimum atomic E-state index is -0.328. The number of fused-ring (bicyclic) bond motifs is 1. The second-order valence-electron chi connectivity index (χ2n) is 5.91. The monoisotopic (exact) mass is 346 g/mol. The number of para-hydroxylation sites is 2. The quantitative estimate of drug-likeness (QED) is 0.752. The Labute approximate surface area is 151 Å². The summed E-state index contributed by atoms with van der Waals surface area (Å²) in [5.74, 6) is 1.96. The van der Waals surface area contributed by atoms with Crippen LogP contribution in [-0.4, -0.2) is 22.7 Å². The van der Waals surface area contributed by atoms with Crippen molar-refractivity contribution < 1.29 is 9.47 Å². The summed E-state index contributed by atoms with van der Waals surface area (Å²) >= 11 is 0. The minimum absolute atomic E-state index is 0.328. The minimum Gasteiger partial charge on any atom is -0.485 e. The topological polar surface area (TPSA) is 82.3 Å². The number of anilines is 2. The first-order chi connectivity index (χ1) is 12.7. The molecule has 0 saturated heterocycles. The first-order valence-corrected chi connectivity index (χ1v) is 8.21. The first-order valence-electron chi connectivity index (χ1n) is 8.21. The van der Waals surface area contributed by atoms with Gasteiger partial charge in [0, 0.05) is 24.2 Å². The van der Waals surface area contributed by atoms with Crippen LogP contribution in [0.5, 0.6) is 11.5 Å². The van der Waals surface area contributed by atoms with Crippen molar-refractivity contribution in [1.29, 1.82) is 0 Å². The predicted molar refractivity (Wildman–Crippen MR) is 101 cm³/mol. The van der Waals surface area contributed by atoms with E-state index in [-0.39, 0.29) is 6.10 Å². The van der Waals surface area contributed by atoms with Crippen molar-refractivity contribution in [2.24, 2.45) is 0 Å². The van der Waals surface area contributed by atoms with Gasteiger partial charge in [0.25, 0.3) is 0 Å². The summed E-state index contributed by atoms with van der Waals surface area (Å²) in [5, 5.41) is 3.14. The average Bonchev–Trinajstić information content (AvgIpc) is 2.69. The molecular formula is C20H18N4O2. The van der Waals surface area contributed by atoms with Crippen LogP contribution in [0.4, 0.5) is 11.5 Å². The number of hydrogen-bond acceptors (Lipinski definition) is 6. The lowest BCUT2D eigenvalue weighted by atomic mass is 10.1. The molecule has 1 aliphatic heterocycles. The highest BCUT2D eigenvalue weighted by atomic mass is 16.6. The van der Waals surface area contributed by atoms with Gasteiger partial charge < -0.3 is 20.5 Å². The lowest BCUT2D eigenvalue weighted by Crippen LogP contribution is -2.33. The fourth-order valence-electron chi connectivity index (χ4n) is 2.71. The van der Waals surface area contributed by atoms with Gasteiger partial charge in [-0.15, -0.1) is 0 Å². The second-order valence-corrected chi connectivity index (χ2v) is 5.91. The lowest BCUT2D eigenvalue weighted by molar-refractivity contribution is 0.116. The molecule has 3 heterocycles. The van der Waals surface area contributed by atoms with Gasteiger partial charge in [0.1, 0.15) is 6.61 Å². The Morgan fingerprint density at radius 3 is 2.65 bits per heavy atom. The molecule has 130 valence electrons. The third-order valence-electron chi connectivity index (χ3n) is 4.11. The number of aromatic nitrogens is 2. The van der Waals surface area contributed by atoms with Crippen LogP contribution in [0.25, 0.3) is 11.1 Å². The van der Waals surface area contributed by atoms with E-state index in [1.54, 1.807) is 18.6 Å². The van der Waals surface area contributed by atoms with Crippen molar-refractivity contribution in [3.05, 3.63) is 73.3 Å². The van der Waals surface area contributed by atoms with Crippen LogP contribution >= 0.6 is 0 Å². The molecule has 0 amide bonds. The maximum absolute atomic E-state index is 6.16. The third-order valence-corrected chi connectivity index (χ3v) is 4.11. The molecule has 1 unspecified atom stereocenters. The van der Waals surface area contributed by atoms with E-state index in [1.807, 2.05) is 42.5 Å². The van der Waals surface area contributed by atoms with Crippen LogP contribution in [0.3, 0.4) is 0 Å². The van der Waals surface area contributed by atoms with Gasteiger partial charge in [0.2, 0.25) is 0 Å². The van der Waals surface area contributed by atoms with E-state index in [0.717, 1.165) is 16.9 Å². The van der Waals surface area contributed by atoms with Crippen LogP contribution < -0.4 is 20.5 Å². The summed E-state index contributed by atoms with van der Waals surface area (Å²) in [7, 11) is 0. The van der Waals surface area contributed by atoms with Crippen molar-refractivity contribution in [3.8, 4) is 22.6 Å². The van der Waals surface area contributed by atoms with Crippen molar-refractivity contribution in [1.82, 2.24) is 9.97 Å². The van der Waals surface area contributed by atoms with Gasteiger partial charge in [-0.05, 0) is 35.9 Å². The molecule has 1 atom stereocenters. The molecular weight excluding hydrogens is 328 g/mol. The Balaban J connectivity index is 1.48. The smallest absolute Gasteiger partial charge is 0.172 e. The molecule has 0 fully saturated rings. The van der Waals surface area contributed by atoms with Gasteiger partial charge in [-0.3, -0.25) is 4.98 Å². The van der Waals surface area contributed by atoms with Crippen LogP contribution in [0.1, 0.15) is 0 Å². The van der Waals surface area contributed by atoms with E-state index in [0.29, 0.717) is 29.6 Å². The van der Waals surface area contributed by atoms with Gasteiger partial charge >= 0.3 is 0 Å². The van der Waals surface area contributed by atoms with Crippen LogP contribution in [0.2, 0.25) is 0 Å². The maximum atomic E-state index is 6.16. The number of nitrogen functional groups attached to an aromatic ring is 1. The highest BCUT2D eigenvalue weighted by molar-refractivity contribution is 5.73. The third kappa shape index (κ3) is 3.17. The molecule has 4 rings (SSSR count). The molecule has 26 heavy (non-hydrogen) atoms. The molecule has 3 N–H and O–H groups in total. The molecule has 6 heteroatoms. The van der Waals surface area contributed by atoms with Crippen LogP contribution in [0, 0.1) is 0 Å². The number of benzene rings is 1. The molecule has 3 aromatic rings. The fraction of sp³-hybridized carbons (Fsp3) is 0.100. The highest BCUT2D eigenvalue weighted by Gasteiger charge is 2.23. The number of hydrogen-bond donors (Lipinski definition) is 2. The number of pyridine rings is 2. The zero-order chi connectivity index (χ0) is 17.9. The van der Waals surface area contributed by atoms with E-state index in [2.05, 4.69) is 21.9 Å². The Morgan fingerprint density at radius 1 is 1.12 bits per heavy atom. The Kier molecular flexibility index (Phi) is 4.15. The van der Waals surface area contributed by atoms with E-state index in [1.165, 1.54) is 0 Å². The fourth-order valence-corrected chi connectivity index (χ4v) is 2.71. The standard InChI is InChI=1S/C20H18N4O2/c1-13(19-12-25-17-4-2-3-5-18(17)26-19)24-20-16(21)10-15(11-23-20)14-6-8-22-9-7-14/h2-11,19H,1,12,21H2,(H,23,24). The van der Waals surface area contributed by atoms with Crippen LogP contribution in [-0.2, 0) is 0 Å². The Hall–Kier alpha value is -3.54. The summed E-state index contributed by atoms with van der Waals surface area (Å²) in [6, 6.07) is 13.2. The van der Waals surface area contributed by atoms with E-state index in [9.17, 15) is 0 Å². The van der Waals surface area contributed by atoms with Gasteiger partial charge in [0.15, 0.2) is 23.4 Å². The summed E-state index contributed by atoms with van der Waals surface area (Å²) < 4.78 is 11.7. The zero-order valence-electron chi connectivity index (χ0n) is 14.1. The van der Waals surface area contributed by atoms with Gasteiger partial charge in [-0.1, -0.05) is 18.7 Å². The Bertz CT molecular complexity index is 944. The molecule has 0 saturated carbocycles. The van der Waals surface area contributed by atoms with Gasteiger partial charge in [0.05, 0.1) is 11.4 Å². The summed E-state index contributed by atoms with van der Waals surface area (Å²) in [4.78, 5) is 8.44. The maximum Gasteiger partial charge on any atom is 0.172 e. The normalized spacial score (nSPS) is 15.3. The van der Waals surface area contributed by atoms with Crippen LogP contribution in [0.15, 0.2) is 73.3 Å². The van der Waals surface area contributed by atoms with E-state index >= 15 is 0 Å². The molecule has 0 spiro atoms. The summed E-state index contributed by atoms with van der Waals surface area (Å²) in [5.41, 5.74) is 9.25. The molecule has 0 bridgehead atoms. The molecule has 6 nitrogen and oxygen atoms in total. The number of nitrogens with zero attached hydrogens (tertiary/aromatic N) is 2.